The third-order valence-electron chi connectivity index (χ3n) is 3.91. The largest absolute Gasteiger partial charge is 0.486 e. The van der Waals surface area contributed by atoms with Crippen LogP contribution in [0.25, 0.3) is 0 Å². The second kappa shape index (κ2) is 9.13. The Balaban J connectivity index is 1.27. The van der Waals surface area contributed by atoms with Crippen LogP contribution in [-0.4, -0.2) is 25.7 Å². The van der Waals surface area contributed by atoms with Crippen molar-refractivity contribution in [2.75, 3.05) is 19.8 Å². The Morgan fingerprint density at radius 3 is 2.80 bits per heavy atom. The van der Waals surface area contributed by atoms with Crippen molar-refractivity contribution in [3.05, 3.63) is 47.9 Å². The normalized spacial score (nSPS) is 12.8. The van der Waals surface area contributed by atoms with Gasteiger partial charge in [0.1, 0.15) is 19.0 Å². The summed E-state index contributed by atoms with van der Waals surface area (Å²) in [4.78, 5) is 17.0. The molecule has 2 aromatic rings. The molecule has 25 heavy (non-hydrogen) atoms. The quantitative estimate of drug-likeness (QED) is 0.559. The number of aryl methyl sites for hydroxylation is 2. The first-order valence-electron chi connectivity index (χ1n) is 8.63. The highest BCUT2D eigenvalue weighted by Crippen LogP contribution is 2.31. The summed E-state index contributed by atoms with van der Waals surface area (Å²) in [5.41, 5.74) is 3.62. The summed E-state index contributed by atoms with van der Waals surface area (Å²) in [6.07, 6.45) is 5.23. The van der Waals surface area contributed by atoms with Gasteiger partial charge in [0.25, 0.3) is 0 Å². The molecule has 0 saturated carbocycles. The molecule has 0 bridgehead atoms. The number of benzene rings is 1. The molecule has 0 aliphatic carbocycles. The van der Waals surface area contributed by atoms with Crippen LogP contribution in [0.2, 0.25) is 0 Å². The Hall–Kier alpha value is -2.47. The van der Waals surface area contributed by atoms with E-state index in [1.54, 1.807) is 6.26 Å². The van der Waals surface area contributed by atoms with E-state index in [0.29, 0.717) is 26.2 Å². The lowest BCUT2D eigenvalue weighted by atomic mass is 10.1. The monoisotopic (exact) mass is 345 g/mol. The maximum Gasteiger partial charge on any atom is 0.243 e. The zero-order valence-electron chi connectivity index (χ0n) is 14.2. The molecular weight excluding hydrogens is 322 g/mol. The molecule has 1 aliphatic rings. The van der Waals surface area contributed by atoms with E-state index in [-0.39, 0.29) is 5.91 Å². The molecule has 1 N–H and O–H groups in total. The molecule has 3 rings (SSSR count). The van der Waals surface area contributed by atoms with Crippen LogP contribution < -0.4 is 15.0 Å². The number of carbonyl (C=O) groups is 1. The zero-order valence-corrected chi connectivity index (χ0v) is 14.2. The van der Waals surface area contributed by atoms with Gasteiger partial charge in [-0.2, -0.15) is 0 Å². The predicted molar refractivity (Wildman–Crippen MR) is 91.5 cm³/mol. The van der Waals surface area contributed by atoms with E-state index in [1.807, 2.05) is 30.3 Å². The molecule has 1 aromatic heterocycles. The number of amides is 1. The van der Waals surface area contributed by atoms with E-state index in [9.17, 15) is 4.79 Å². The van der Waals surface area contributed by atoms with E-state index in [4.69, 9.17) is 18.7 Å². The van der Waals surface area contributed by atoms with Crippen molar-refractivity contribution < 1.29 is 23.5 Å². The smallest absolute Gasteiger partial charge is 0.243 e. The molecule has 0 spiro atoms. The summed E-state index contributed by atoms with van der Waals surface area (Å²) in [7, 11) is 0. The van der Waals surface area contributed by atoms with Gasteiger partial charge >= 0.3 is 0 Å². The van der Waals surface area contributed by atoms with Crippen LogP contribution in [0.1, 0.15) is 30.6 Å². The third kappa shape index (κ3) is 5.53. The molecule has 1 aliphatic heterocycles. The molecular formula is C19H23NO5. The SMILES string of the molecule is O=C(CCCc1ccc2c(c1)OCCO2)NOCCCc1ccco1. The van der Waals surface area contributed by atoms with E-state index < -0.39 is 0 Å². The minimum Gasteiger partial charge on any atom is -0.486 e. The van der Waals surface area contributed by atoms with E-state index >= 15 is 0 Å². The first-order chi connectivity index (χ1) is 12.3. The number of furan rings is 1. The van der Waals surface area contributed by atoms with Gasteiger partial charge in [-0.15, -0.1) is 0 Å². The summed E-state index contributed by atoms with van der Waals surface area (Å²) in [6.45, 7) is 1.64. The van der Waals surface area contributed by atoms with Crippen molar-refractivity contribution in [2.45, 2.75) is 32.1 Å². The number of carbonyl (C=O) groups excluding carboxylic acids is 1. The Bertz CT molecular complexity index is 668. The highest BCUT2D eigenvalue weighted by molar-refractivity contribution is 5.74. The Kier molecular flexibility index (Phi) is 6.34. The molecule has 1 amide bonds. The Morgan fingerprint density at radius 2 is 1.96 bits per heavy atom. The molecule has 1 aromatic carbocycles. The van der Waals surface area contributed by atoms with Crippen molar-refractivity contribution in [1.82, 2.24) is 5.48 Å². The number of nitrogens with one attached hydrogen (secondary N) is 1. The van der Waals surface area contributed by atoms with Crippen LogP contribution in [0.3, 0.4) is 0 Å². The highest BCUT2D eigenvalue weighted by Gasteiger charge is 2.11. The number of ether oxygens (including phenoxy) is 2. The van der Waals surface area contributed by atoms with Gasteiger partial charge in [-0.1, -0.05) is 6.07 Å². The summed E-state index contributed by atoms with van der Waals surface area (Å²) >= 11 is 0. The predicted octanol–water partition coefficient (Wildman–Crippen LogP) is 3.05. The van der Waals surface area contributed by atoms with Gasteiger partial charge in [0.15, 0.2) is 11.5 Å². The lowest BCUT2D eigenvalue weighted by Crippen LogP contribution is -2.24. The van der Waals surface area contributed by atoms with Gasteiger partial charge in [-0.05, 0) is 49.1 Å². The van der Waals surface area contributed by atoms with Gasteiger partial charge in [0.05, 0.1) is 12.9 Å². The second-order valence-corrected chi connectivity index (χ2v) is 5.89. The molecule has 2 heterocycles. The summed E-state index contributed by atoms with van der Waals surface area (Å²) in [5, 5.41) is 0. The van der Waals surface area contributed by atoms with Crippen molar-refractivity contribution >= 4 is 5.91 Å². The van der Waals surface area contributed by atoms with E-state index in [1.165, 1.54) is 0 Å². The molecule has 0 radical (unpaired) electrons. The molecule has 0 atom stereocenters. The fraction of sp³-hybridized carbons (Fsp3) is 0.421. The van der Waals surface area contributed by atoms with Crippen LogP contribution >= 0.6 is 0 Å². The van der Waals surface area contributed by atoms with E-state index in [0.717, 1.165) is 48.5 Å². The van der Waals surface area contributed by atoms with Crippen molar-refractivity contribution in [2.24, 2.45) is 0 Å². The minimum absolute atomic E-state index is 0.101. The maximum absolute atomic E-state index is 11.8. The number of hydrogen-bond donors (Lipinski definition) is 1. The lowest BCUT2D eigenvalue weighted by Gasteiger charge is -2.18. The number of fused-ring (bicyclic) bond motifs is 1. The van der Waals surface area contributed by atoms with Gasteiger partial charge in [0.2, 0.25) is 5.91 Å². The second-order valence-electron chi connectivity index (χ2n) is 5.89. The van der Waals surface area contributed by atoms with Gasteiger partial charge in [-0.25, -0.2) is 5.48 Å². The average Bonchev–Trinajstić information content (AvgIpc) is 3.15. The van der Waals surface area contributed by atoms with Crippen LogP contribution in [0.4, 0.5) is 0 Å². The van der Waals surface area contributed by atoms with Crippen molar-refractivity contribution in [3.8, 4) is 11.5 Å². The molecule has 0 fully saturated rings. The van der Waals surface area contributed by atoms with Gasteiger partial charge < -0.3 is 13.9 Å². The molecule has 6 nitrogen and oxygen atoms in total. The topological polar surface area (TPSA) is 69.9 Å². The highest BCUT2D eigenvalue weighted by atomic mass is 16.6. The average molecular weight is 345 g/mol. The van der Waals surface area contributed by atoms with Crippen LogP contribution in [-0.2, 0) is 22.5 Å². The lowest BCUT2D eigenvalue weighted by molar-refractivity contribution is -0.133. The standard InChI is InChI=1S/C19H23NO5/c21-19(20-25-11-3-6-16-5-2-10-22-16)7-1-4-15-8-9-17-18(14-15)24-13-12-23-17/h2,5,8-10,14H,1,3-4,6-7,11-13H2,(H,20,21). The first kappa shape index (κ1) is 17.4. The minimum atomic E-state index is -0.101. The number of hydrogen-bond acceptors (Lipinski definition) is 5. The maximum atomic E-state index is 11.8. The molecule has 0 unspecified atom stereocenters. The number of rotatable bonds is 9. The summed E-state index contributed by atoms with van der Waals surface area (Å²) in [5.74, 6) is 2.40. The van der Waals surface area contributed by atoms with Crippen molar-refractivity contribution in [3.63, 3.8) is 0 Å². The fourth-order valence-electron chi connectivity index (χ4n) is 2.65. The summed E-state index contributed by atoms with van der Waals surface area (Å²) < 4.78 is 16.3. The Labute approximate surface area is 147 Å². The van der Waals surface area contributed by atoms with Gasteiger partial charge in [0, 0.05) is 12.8 Å². The zero-order chi connectivity index (χ0) is 17.3. The van der Waals surface area contributed by atoms with Crippen molar-refractivity contribution in [1.29, 1.82) is 0 Å². The molecule has 6 heteroatoms. The fourth-order valence-corrected chi connectivity index (χ4v) is 2.65. The van der Waals surface area contributed by atoms with E-state index in [2.05, 4.69) is 5.48 Å². The number of hydroxylamine groups is 1. The van der Waals surface area contributed by atoms with Gasteiger partial charge in [-0.3, -0.25) is 9.63 Å². The molecule has 134 valence electrons. The third-order valence-corrected chi connectivity index (χ3v) is 3.91. The Morgan fingerprint density at radius 1 is 1.08 bits per heavy atom. The first-order valence-corrected chi connectivity index (χ1v) is 8.63. The molecule has 0 saturated heterocycles. The summed E-state index contributed by atoms with van der Waals surface area (Å²) in [6, 6.07) is 9.70. The van der Waals surface area contributed by atoms with Crippen LogP contribution in [0.15, 0.2) is 41.0 Å². The van der Waals surface area contributed by atoms with Crippen LogP contribution in [0.5, 0.6) is 11.5 Å². The van der Waals surface area contributed by atoms with Crippen LogP contribution in [0, 0.1) is 0 Å².